The van der Waals surface area contributed by atoms with E-state index in [1.165, 1.54) is 35.2 Å². The number of nitrogens with zero attached hydrogens (tertiary/aromatic N) is 2. The molecule has 0 atom stereocenters. The van der Waals surface area contributed by atoms with E-state index < -0.39 is 34.2 Å². The molecule has 2 amide bonds. The van der Waals surface area contributed by atoms with Crippen molar-refractivity contribution in [3.05, 3.63) is 84.2 Å². The van der Waals surface area contributed by atoms with E-state index in [1.54, 1.807) is 36.4 Å². The van der Waals surface area contributed by atoms with E-state index >= 15 is 0 Å². The lowest BCUT2D eigenvalue weighted by atomic mass is 10.2. The number of benzene rings is 3. The van der Waals surface area contributed by atoms with Gasteiger partial charge >= 0.3 is 0 Å². The van der Waals surface area contributed by atoms with Crippen molar-refractivity contribution in [2.24, 2.45) is 0 Å². The van der Waals surface area contributed by atoms with Crippen molar-refractivity contribution in [3.8, 4) is 0 Å². The zero-order valence-electron chi connectivity index (χ0n) is 17.2. The Morgan fingerprint density at radius 1 is 1.03 bits per heavy atom. The molecule has 32 heavy (non-hydrogen) atoms. The molecule has 9 heteroatoms. The minimum absolute atomic E-state index is 0.0732. The van der Waals surface area contributed by atoms with Crippen LogP contribution in [-0.4, -0.2) is 33.3 Å². The highest BCUT2D eigenvalue weighted by atomic mass is 32.2. The highest BCUT2D eigenvalue weighted by Crippen LogP contribution is 2.31. The van der Waals surface area contributed by atoms with Crippen LogP contribution in [0.3, 0.4) is 0 Å². The van der Waals surface area contributed by atoms with Gasteiger partial charge < -0.3 is 5.32 Å². The molecule has 0 aromatic heterocycles. The van der Waals surface area contributed by atoms with Gasteiger partial charge in [-0.15, -0.1) is 0 Å². The molecule has 1 heterocycles. The van der Waals surface area contributed by atoms with Gasteiger partial charge in [0.25, 0.3) is 10.0 Å². The minimum Gasteiger partial charge on any atom is -0.323 e. The van der Waals surface area contributed by atoms with Crippen LogP contribution in [0, 0.1) is 12.7 Å². The first-order chi connectivity index (χ1) is 15.3. The molecule has 164 valence electrons. The van der Waals surface area contributed by atoms with Crippen LogP contribution in [0.15, 0.2) is 77.7 Å². The second-order valence-corrected chi connectivity index (χ2v) is 9.18. The molecule has 1 N–H and O–H groups in total. The molecular formula is C23H20FN3O4S. The summed E-state index contributed by atoms with van der Waals surface area (Å²) in [5, 5.41) is 2.68. The smallest absolute Gasteiger partial charge is 0.264 e. The van der Waals surface area contributed by atoms with E-state index in [0.717, 1.165) is 15.9 Å². The standard InChI is InChI=1S/C23H20FN3O4S/c1-16-10-12-17(13-11-16)32(30,31)27(20-8-4-2-6-18(20)24)15-23(29)26-14-22(28)25-19-7-3-5-9-21(19)26/h2-13H,14-15H2,1H3,(H,25,28). The van der Waals surface area contributed by atoms with Gasteiger partial charge in [-0.3, -0.25) is 18.8 Å². The summed E-state index contributed by atoms with van der Waals surface area (Å²) in [4.78, 5) is 26.5. The highest BCUT2D eigenvalue weighted by molar-refractivity contribution is 7.92. The van der Waals surface area contributed by atoms with Crippen LogP contribution in [0.2, 0.25) is 0 Å². The number of para-hydroxylation sites is 3. The fraction of sp³-hybridized carbons (Fsp3) is 0.130. The Bertz CT molecular complexity index is 1290. The molecule has 4 rings (SSSR count). The zero-order valence-corrected chi connectivity index (χ0v) is 18.0. The van der Waals surface area contributed by atoms with Crippen molar-refractivity contribution in [1.82, 2.24) is 0 Å². The average molecular weight is 453 g/mol. The molecular weight excluding hydrogens is 433 g/mol. The van der Waals surface area contributed by atoms with Gasteiger partial charge in [-0.05, 0) is 43.3 Å². The fourth-order valence-electron chi connectivity index (χ4n) is 3.46. The van der Waals surface area contributed by atoms with E-state index in [9.17, 15) is 22.4 Å². The maximum atomic E-state index is 14.6. The number of aryl methyl sites for hydroxylation is 1. The van der Waals surface area contributed by atoms with E-state index in [2.05, 4.69) is 5.32 Å². The zero-order chi connectivity index (χ0) is 22.9. The number of rotatable bonds is 5. The predicted octanol–water partition coefficient (Wildman–Crippen LogP) is 3.31. The minimum atomic E-state index is -4.27. The molecule has 0 spiro atoms. The molecule has 0 fully saturated rings. The highest BCUT2D eigenvalue weighted by Gasteiger charge is 2.33. The van der Waals surface area contributed by atoms with Gasteiger partial charge in [-0.1, -0.05) is 42.0 Å². The quantitative estimate of drug-likeness (QED) is 0.642. The third-order valence-corrected chi connectivity index (χ3v) is 6.85. The number of fused-ring (bicyclic) bond motifs is 1. The van der Waals surface area contributed by atoms with Crippen LogP contribution in [0.25, 0.3) is 0 Å². The molecule has 0 saturated carbocycles. The summed E-state index contributed by atoms with van der Waals surface area (Å²) in [6, 6.07) is 18.1. The lowest BCUT2D eigenvalue weighted by molar-refractivity contribution is -0.121. The SMILES string of the molecule is Cc1ccc(S(=O)(=O)N(CC(=O)N2CC(=O)Nc3ccccc32)c2ccccc2F)cc1. The Morgan fingerprint density at radius 3 is 2.41 bits per heavy atom. The lowest BCUT2D eigenvalue weighted by Gasteiger charge is -2.32. The molecule has 0 radical (unpaired) electrons. The summed E-state index contributed by atoms with van der Waals surface area (Å²) in [5.74, 6) is -1.85. The Kier molecular flexibility index (Phi) is 5.67. The molecule has 1 aliphatic rings. The third-order valence-electron chi connectivity index (χ3n) is 5.08. The molecule has 3 aromatic rings. The third kappa shape index (κ3) is 4.06. The number of halogens is 1. The van der Waals surface area contributed by atoms with Crippen molar-refractivity contribution >= 4 is 38.9 Å². The van der Waals surface area contributed by atoms with Crippen molar-refractivity contribution in [2.45, 2.75) is 11.8 Å². The van der Waals surface area contributed by atoms with E-state index in [0.29, 0.717) is 11.4 Å². The molecule has 0 aliphatic carbocycles. The Labute approximate surface area is 185 Å². The average Bonchev–Trinajstić information content (AvgIpc) is 2.77. The molecule has 0 saturated heterocycles. The van der Waals surface area contributed by atoms with Gasteiger partial charge in [0.05, 0.1) is 22.0 Å². The van der Waals surface area contributed by atoms with Crippen molar-refractivity contribution in [2.75, 3.05) is 27.6 Å². The van der Waals surface area contributed by atoms with Gasteiger partial charge in [0, 0.05) is 0 Å². The van der Waals surface area contributed by atoms with Gasteiger partial charge in [0.1, 0.15) is 18.9 Å². The second kappa shape index (κ2) is 8.43. The van der Waals surface area contributed by atoms with Crippen LogP contribution in [0.5, 0.6) is 0 Å². The number of carbonyl (C=O) groups is 2. The summed E-state index contributed by atoms with van der Waals surface area (Å²) in [6.07, 6.45) is 0. The number of nitrogens with one attached hydrogen (secondary N) is 1. The molecule has 3 aromatic carbocycles. The van der Waals surface area contributed by atoms with Crippen LogP contribution in [-0.2, 0) is 19.6 Å². The molecule has 1 aliphatic heterocycles. The van der Waals surface area contributed by atoms with Gasteiger partial charge in [-0.2, -0.15) is 0 Å². The number of anilines is 3. The number of hydrogen-bond acceptors (Lipinski definition) is 4. The van der Waals surface area contributed by atoms with Gasteiger partial charge in [0.15, 0.2) is 0 Å². The van der Waals surface area contributed by atoms with Crippen LogP contribution in [0.4, 0.5) is 21.5 Å². The van der Waals surface area contributed by atoms with Crippen LogP contribution < -0.4 is 14.5 Å². The largest absolute Gasteiger partial charge is 0.323 e. The Hall–Kier alpha value is -3.72. The first-order valence-electron chi connectivity index (χ1n) is 9.80. The summed E-state index contributed by atoms with van der Waals surface area (Å²) in [5.41, 5.74) is 1.49. The number of sulfonamides is 1. The first kappa shape index (κ1) is 21.5. The van der Waals surface area contributed by atoms with Crippen LogP contribution >= 0.6 is 0 Å². The fourth-order valence-corrected chi connectivity index (χ4v) is 4.88. The Balaban J connectivity index is 1.75. The van der Waals surface area contributed by atoms with Gasteiger partial charge in [0.2, 0.25) is 11.8 Å². The number of hydrogen-bond donors (Lipinski definition) is 1. The summed E-state index contributed by atoms with van der Waals surface area (Å²) in [7, 11) is -4.27. The first-order valence-corrected chi connectivity index (χ1v) is 11.2. The van der Waals surface area contributed by atoms with Crippen molar-refractivity contribution < 1.29 is 22.4 Å². The van der Waals surface area contributed by atoms with E-state index in [-0.39, 0.29) is 17.1 Å². The van der Waals surface area contributed by atoms with Crippen LogP contribution in [0.1, 0.15) is 5.56 Å². The topological polar surface area (TPSA) is 86.8 Å². The number of amides is 2. The second-order valence-electron chi connectivity index (χ2n) is 7.32. The normalized spacial score (nSPS) is 13.3. The monoisotopic (exact) mass is 453 g/mol. The summed E-state index contributed by atoms with van der Waals surface area (Å²) in [6.45, 7) is 0.859. The Morgan fingerprint density at radius 2 is 1.69 bits per heavy atom. The van der Waals surface area contributed by atoms with Crippen molar-refractivity contribution in [3.63, 3.8) is 0 Å². The van der Waals surface area contributed by atoms with E-state index in [1.807, 2.05) is 6.92 Å². The maximum Gasteiger partial charge on any atom is 0.264 e. The predicted molar refractivity (Wildman–Crippen MR) is 120 cm³/mol. The maximum absolute atomic E-state index is 14.6. The lowest BCUT2D eigenvalue weighted by Crippen LogP contribution is -2.48. The summed E-state index contributed by atoms with van der Waals surface area (Å²) >= 11 is 0. The summed E-state index contributed by atoms with van der Waals surface area (Å²) < 4.78 is 42.3. The molecule has 7 nitrogen and oxygen atoms in total. The molecule has 0 unspecified atom stereocenters. The molecule has 0 bridgehead atoms. The van der Waals surface area contributed by atoms with Crippen molar-refractivity contribution in [1.29, 1.82) is 0 Å². The number of carbonyl (C=O) groups excluding carboxylic acids is 2. The van der Waals surface area contributed by atoms with Gasteiger partial charge in [-0.25, -0.2) is 12.8 Å². The van der Waals surface area contributed by atoms with E-state index in [4.69, 9.17) is 0 Å².